The molecule has 3 rings (SSSR count). The van der Waals surface area contributed by atoms with E-state index in [9.17, 15) is 9.59 Å². The van der Waals surface area contributed by atoms with E-state index >= 15 is 0 Å². The fraction of sp³-hybridized carbons (Fsp3) is 0.500. The standard InChI is InChI=1S/C16H21N3O2/c1-11-10-19(9-8-17-11)13-4-2-12(3-5-13)14-6-7-15(20)18-16(14)21/h2-5,11,14,17H,6-10H2,1H3,(H,18,20,21)/t11-,14?/m0/s1. The lowest BCUT2D eigenvalue weighted by atomic mass is 9.90. The summed E-state index contributed by atoms with van der Waals surface area (Å²) in [4.78, 5) is 25.4. The Labute approximate surface area is 124 Å². The predicted molar refractivity (Wildman–Crippen MR) is 81.2 cm³/mol. The van der Waals surface area contributed by atoms with Gasteiger partial charge in [-0.15, -0.1) is 0 Å². The van der Waals surface area contributed by atoms with Crippen molar-refractivity contribution in [2.24, 2.45) is 0 Å². The van der Waals surface area contributed by atoms with Crippen molar-refractivity contribution in [3.05, 3.63) is 29.8 Å². The molecule has 0 spiro atoms. The maximum atomic E-state index is 11.9. The first kappa shape index (κ1) is 14.1. The predicted octanol–water partition coefficient (Wildman–Crippen LogP) is 1.00. The number of benzene rings is 1. The van der Waals surface area contributed by atoms with E-state index in [0.29, 0.717) is 18.9 Å². The van der Waals surface area contributed by atoms with Gasteiger partial charge < -0.3 is 10.2 Å². The van der Waals surface area contributed by atoms with E-state index in [1.54, 1.807) is 0 Å². The van der Waals surface area contributed by atoms with Crippen molar-refractivity contribution in [1.29, 1.82) is 0 Å². The second-order valence-corrected chi connectivity index (χ2v) is 5.90. The summed E-state index contributed by atoms with van der Waals surface area (Å²) in [6.07, 6.45) is 1.03. The molecule has 1 unspecified atom stereocenters. The van der Waals surface area contributed by atoms with Crippen LogP contribution in [-0.4, -0.2) is 37.5 Å². The molecule has 2 heterocycles. The summed E-state index contributed by atoms with van der Waals surface area (Å²) < 4.78 is 0. The number of amides is 2. The van der Waals surface area contributed by atoms with Crippen molar-refractivity contribution in [3.63, 3.8) is 0 Å². The van der Waals surface area contributed by atoms with E-state index < -0.39 is 0 Å². The number of piperidine rings is 1. The summed E-state index contributed by atoms with van der Waals surface area (Å²) in [6.45, 7) is 5.18. The van der Waals surface area contributed by atoms with Crippen molar-refractivity contribution in [1.82, 2.24) is 10.6 Å². The van der Waals surface area contributed by atoms with Crippen LogP contribution in [0.1, 0.15) is 31.2 Å². The monoisotopic (exact) mass is 287 g/mol. The fourth-order valence-electron chi connectivity index (χ4n) is 3.10. The minimum absolute atomic E-state index is 0.164. The third kappa shape index (κ3) is 3.08. The number of nitrogens with one attached hydrogen (secondary N) is 2. The van der Waals surface area contributed by atoms with Crippen LogP contribution in [0, 0.1) is 0 Å². The average molecular weight is 287 g/mol. The number of nitrogens with zero attached hydrogens (tertiary/aromatic N) is 1. The smallest absolute Gasteiger partial charge is 0.234 e. The van der Waals surface area contributed by atoms with Gasteiger partial charge >= 0.3 is 0 Å². The number of carbonyl (C=O) groups excluding carboxylic acids is 2. The zero-order valence-corrected chi connectivity index (χ0v) is 12.3. The van der Waals surface area contributed by atoms with Crippen LogP contribution in [0.2, 0.25) is 0 Å². The maximum Gasteiger partial charge on any atom is 0.234 e. The highest BCUT2D eigenvalue weighted by molar-refractivity contribution is 6.00. The van der Waals surface area contributed by atoms with Crippen LogP contribution in [-0.2, 0) is 9.59 Å². The maximum absolute atomic E-state index is 11.9. The molecule has 5 heteroatoms. The third-order valence-corrected chi connectivity index (χ3v) is 4.27. The largest absolute Gasteiger partial charge is 0.369 e. The van der Waals surface area contributed by atoms with E-state index in [1.807, 2.05) is 12.1 Å². The molecule has 112 valence electrons. The van der Waals surface area contributed by atoms with Gasteiger partial charge in [-0.2, -0.15) is 0 Å². The molecule has 0 saturated carbocycles. The molecule has 0 bridgehead atoms. The Morgan fingerprint density at radius 1 is 1.19 bits per heavy atom. The molecule has 21 heavy (non-hydrogen) atoms. The van der Waals surface area contributed by atoms with Crippen LogP contribution in [0.3, 0.4) is 0 Å². The van der Waals surface area contributed by atoms with Gasteiger partial charge in [-0.1, -0.05) is 12.1 Å². The molecule has 2 amide bonds. The van der Waals surface area contributed by atoms with Gasteiger partial charge in [-0.25, -0.2) is 0 Å². The third-order valence-electron chi connectivity index (χ3n) is 4.27. The van der Waals surface area contributed by atoms with Gasteiger partial charge in [0.05, 0.1) is 5.92 Å². The Balaban J connectivity index is 1.72. The minimum atomic E-state index is -0.196. The van der Waals surface area contributed by atoms with Crippen molar-refractivity contribution in [2.75, 3.05) is 24.5 Å². The van der Waals surface area contributed by atoms with Gasteiger partial charge in [-0.05, 0) is 31.0 Å². The number of hydrogen-bond acceptors (Lipinski definition) is 4. The van der Waals surface area contributed by atoms with Gasteiger partial charge in [0.1, 0.15) is 0 Å². The molecular formula is C16H21N3O2. The molecule has 0 aliphatic carbocycles. The minimum Gasteiger partial charge on any atom is -0.369 e. The summed E-state index contributed by atoms with van der Waals surface area (Å²) >= 11 is 0. The highest BCUT2D eigenvalue weighted by atomic mass is 16.2. The first-order valence-corrected chi connectivity index (χ1v) is 7.55. The van der Waals surface area contributed by atoms with Crippen molar-refractivity contribution < 1.29 is 9.59 Å². The van der Waals surface area contributed by atoms with E-state index in [1.165, 1.54) is 5.69 Å². The molecule has 1 aromatic rings. The van der Waals surface area contributed by atoms with Crippen LogP contribution in [0.15, 0.2) is 24.3 Å². The molecule has 1 aromatic carbocycles. The number of imide groups is 1. The summed E-state index contributed by atoms with van der Waals surface area (Å²) in [7, 11) is 0. The van der Waals surface area contributed by atoms with Gasteiger partial charge in [0.2, 0.25) is 11.8 Å². The van der Waals surface area contributed by atoms with Crippen molar-refractivity contribution in [3.8, 4) is 0 Å². The lowest BCUT2D eigenvalue weighted by molar-refractivity contribution is -0.134. The van der Waals surface area contributed by atoms with E-state index in [4.69, 9.17) is 0 Å². The molecule has 2 N–H and O–H groups in total. The van der Waals surface area contributed by atoms with Gasteiger partial charge in [0.15, 0.2) is 0 Å². The van der Waals surface area contributed by atoms with Crippen LogP contribution >= 0.6 is 0 Å². The summed E-state index contributed by atoms with van der Waals surface area (Å²) in [5.41, 5.74) is 2.19. The zero-order valence-electron chi connectivity index (χ0n) is 12.3. The van der Waals surface area contributed by atoms with E-state index in [-0.39, 0.29) is 17.7 Å². The average Bonchev–Trinajstić information content (AvgIpc) is 2.47. The van der Waals surface area contributed by atoms with Crippen LogP contribution in [0.25, 0.3) is 0 Å². The molecule has 0 radical (unpaired) electrons. The molecule has 0 aromatic heterocycles. The molecule has 2 fully saturated rings. The number of carbonyl (C=O) groups is 2. The summed E-state index contributed by atoms with van der Waals surface area (Å²) in [5.74, 6) is -0.531. The summed E-state index contributed by atoms with van der Waals surface area (Å²) in [5, 5.41) is 5.84. The number of anilines is 1. The quantitative estimate of drug-likeness (QED) is 0.797. The van der Waals surface area contributed by atoms with Crippen molar-refractivity contribution in [2.45, 2.75) is 31.7 Å². The van der Waals surface area contributed by atoms with Crippen LogP contribution < -0.4 is 15.5 Å². The van der Waals surface area contributed by atoms with E-state index in [0.717, 1.165) is 25.2 Å². The Kier molecular flexibility index (Phi) is 3.92. The highest BCUT2D eigenvalue weighted by Crippen LogP contribution is 2.27. The first-order chi connectivity index (χ1) is 10.1. The lowest BCUT2D eigenvalue weighted by Gasteiger charge is -2.34. The number of piperazine rings is 1. The molecular weight excluding hydrogens is 266 g/mol. The molecule has 5 nitrogen and oxygen atoms in total. The molecule has 2 saturated heterocycles. The number of hydrogen-bond donors (Lipinski definition) is 2. The Morgan fingerprint density at radius 2 is 1.95 bits per heavy atom. The summed E-state index contributed by atoms with van der Waals surface area (Å²) in [6, 6.07) is 8.69. The molecule has 2 aliphatic rings. The van der Waals surface area contributed by atoms with Crippen LogP contribution in [0.4, 0.5) is 5.69 Å². The Bertz CT molecular complexity index is 541. The second-order valence-electron chi connectivity index (χ2n) is 5.90. The number of rotatable bonds is 2. The van der Waals surface area contributed by atoms with Crippen LogP contribution in [0.5, 0.6) is 0 Å². The van der Waals surface area contributed by atoms with E-state index in [2.05, 4.69) is 34.6 Å². The topological polar surface area (TPSA) is 61.4 Å². The Morgan fingerprint density at radius 3 is 2.62 bits per heavy atom. The normalized spacial score (nSPS) is 26.6. The van der Waals surface area contributed by atoms with Gasteiger partial charge in [0, 0.05) is 37.8 Å². The highest BCUT2D eigenvalue weighted by Gasteiger charge is 2.28. The lowest BCUT2D eigenvalue weighted by Crippen LogP contribution is -2.49. The zero-order chi connectivity index (χ0) is 14.8. The van der Waals surface area contributed by atoms with Gasteiger partial charge in [0.25, 0.3) is 0 Å². The molecule has 2 aliphatic heterocycles. The Hall–Kier alpha value is -1.88. The first-order valence-electron chi connectivity index (χ1n) is 7.55. The SMILES string of the molecule is C[C@H]1CN(c2ccc(C3CCC(=O)NC3=O)cc2)CCN1. The van der Waals surface area contributed by atoms with Gasteiger partial charge in [-0.3, -0.25) is 14.9 Å². The second kappa shape index (κ2) is 5.85. The molecule has 2 atom stereocenters. The van der Waals surface area contributed by atoms with Crippen molar-refractivity contribution >= 4 is 17.5 Å². The fourth-order valence-corrected chi connectivity index (χ4v) is 3.10.